The number of hydrogen-bond donors (Lipinski definition) is 1. The van der Waals surface area contributed by atoms with Crippen LogP contribution in [-0.4, -0.2) is 58.8 Å². The largest absolute Gasteiger partial charge is 0.467 e. The molecular formula is C21H20F3N5O3S2. The molecule has 0 saturated carbocycles. The molecule has 0 spiro atoms. The zero-order chi connectivity index (χ0) is 24.1. The summed E-state index contributed by atoms with van der Waals surface area (Å²) in [6.45, 7) is 2.20. The van der Waals surface area contributed by atoms with Gasteiger partial charge in [0.15, 0.2) is 4.34 Å². The van der Waals surface area contributed by atoms with Gasteiger partial charge in [0.2, 0.25) is 11.0 Å². The van der Waals surface area contributed by atoms with Crippen LogP contribution in [0.25, 0.3) is 0 Å². The van der Waals surface area contributed by atoms with Crippen LogP contribution in [0.5, 0.6) is 0 Å². The lowest BCUT2D eigenvalue weighted by atomic mass is 10.1. The van der Waals surface area contributed by atoms with E-state index in [-0.39, 0.29) is 23.1 Å². The highest BCUT2D eigenvalue weighted by Crippen LogP contribution is 2.30. The molecule has 1 N–H and O–H groups in total. The molecule has 4 rings (SSSR count). The Labute approximate surface area is 201 Å². The van der Waals surface area contributed by atoms with Crippen molar-refractivity contribution in [2.75, 3.05) is 36.8 Å². The lowest BCUT2D eigenvalue weighted by Crippen LogP contribution is -2.48. The van der Waals surface area contributed by atoms with E-state index in [1.165, 1.54) is 35.2 Å². The first kappa shape index (κ1) is 24.1. The highest BCUT2D eigenvalue weighted by atomic mass is 32.2. The van der Waals surface area contributed by atoms with Crippen molar-refractivity contribution < 1.29 is 27.2 Å². The van der Waals surface area contributed by atoms with Crippen LogP contribution in [0, 0.1) is 0 Å². The molecule has 180 valence electrons. The van der Waals surface area contributed by atoms with Crippen molar-refractivity contribution in [2.24, 2.45) is 0 Å². The number of furan rings is 1. The second-order valence-electron chi connectivity index (χ2n) is 7.35. The van der Waals surface area contributed by atoms with Crippen molar-refractivity contribution in [1.82, 2.24) is 20.4 Å². The molecule has 1 aliphatic heterocycles. The zero-order valence-corrected chi connectivity index (χ0v) is 19.4. The van der Waals surface area contributed by atoms with Crippen LogP contribution in [0.15, 0.2) is 51.4 Å². The minimum atomic E-state index is -4.43. The van der Waals surface area contributed by atoms with Gasteiger partial charge in [-0.2, -0.15) is 13.2 Å². The summed E-state index contributed by atoms with van der Waals surface area (Å²) in [7, 11) is 0. The number of halogens is 3. The number of amides is 2. The molecule has 2 aromatic heterocycles. The predicted molar refractivity (Wildman–Crippen MR) is 121 cm³/mol. The van der Waals surface area contributed by atoms with E-state index in [4.69, 9.17) is 4.42 Å². The van der Waals surface area contributed by atoms with Crippen molar-refractivity contribution in [1.29, 1.82) is 0 Å². The average Bonchev–Trinajstić information content (AvgIpc) is 3.53. The average molecular weight is 512 g/mol. The van der Waals surface area contributed by atoms with E-state index >= 15 is 0 Å². The monoisotopic (exact) mass is 511 g/mol. The van der Waals surface area contributed by atoms with Gasteiger partial charge in [-0.25, -0.2) is 0 Å². The van der Waals surface area contributed by atoms with Crippen molar-refractivity contribution in [3.05, 3.63) is 59.5 Å². The Morgan fingerprint density at radius 1 is 1.09 bits per heavy atom. The topological polar surface area (TPSA) is 91.6 Å². The number of alkyl halides is 3. The fourth-order valence-electron chi connectivity index (χ4n) is 3.25. The van der Waals surface area contributed by atoms with Gasteiger partial charge in [-0.1, -0.05) is 23.1 Å². The van der Waals surface area contributed by atoms with Crippen LogP contribution in [0.2, 0.25) is 0 Å². The number of nitrogens with zero attached hydrogens (tertiary/aromatic N) is 4. The van der Waals surface area contributed by atoms with E-state index in [0.717, 1.165) is 12.1 Å². The van der Waals surface area contributed by atoms with Gasteiger partial charge in [-0.3, -0.25) is 9.59 Å². The van der Waals surface area contributed by atoms with Gasteiger partial charge in [0, 0.05) is 31.7 Å². The van der Waals surface area contributed by atoms with Crippen molar-refractivity contribution >= 4 is 40.0 Å². The molecule has 0 aliphatic carbocycles. The molecule has 1 aromatic carbocycles. The lowest BCUT2D eigenvalue weighted by Gasteiger charge is -2.34. The maximum Gasteiger partial charge on any atom is 0.416 e. The Morgan fingerprint density at radius 2 is 1.82 bits per heavy atom. The van der Waals surface area contributed by atoms with E-state index in [1.54, 1.807) is 23.3 Å². The summed E-state index contributed by atoms with van der Waals surface area (Å²) < 4.78 is 44.0. The number of anilines is 1. The fraction of sp³-hybridized carbons (Fsp3) is 0.333. The Morgan fingerprint density at radius 3 is 2.47 bits per heavy atom. The summed E-state index contributed by atoms with van der Waals surface area (Å²) in [5, 5.41) is 11.8. The number of benzene rings is 1. The molecular weight excluding hydrogens is 491 g/mol. The van der Waals surface area contributed by atoms with E-state index in [0.29, 0.717) is 48.0 Å². The fourth-order valence-corrected chi connectivity index (χ4v) is 4.97. The number of aromatic nitrogens is 2. The summed E-state index contributed by atoms with van der Waals surface area (Å²) in [5.41, 5.74) is -0.560. The van der Waals surface area contributed by atoms with Crippen molar-refractivity contribution in [2.45, 2.75) is 17.1 Å². The first-order chi connectivity index (χ1) is 16.3. The van der Waals surface area contributed by atoms with Crippen LogP contribution < -0.4 is 10.2 Å². The van der Waals surface area contributed by atoms with Gasteiger partial charge >= 0.3 is 6.18 Å². The first-order valence-electron chi connectivity index (χ1n) is 10.3. The highest BCUT2D eigenvalue weighted by Gasteiger charge is 2.31. The molecule has 0 unspecified atom stereocenters. The zero-order valence-electron chi connectivity index (χ0n) is 17.7. The number of hydrogen-bond acceptors (Lipinski definition) is 8. The van der Waals surface area contributed by atoms with Crippen LogP contribution in [0.3, 0.4) is 0 Å². The summed E-state index contributed by atoms with van der Waals surface area (Å²) in [6, 6.07) is 7.78. The Bertz CT molecular complexity index is 1110. The SMILES string of the molecule is O=C(CSc1nnc(N2CCN(C(=O)c3ccc(C(F)(F)F)cc3)CC2)s1)NCc1ccco1. The molecule has 3 aromatic rings. The first-order valence-corrected chi connectivity index (χ1v) is 12.1. The van der Waals surface area contributed by atoms with Crippen LogP contribution in [-0.2, 0) is 17.5 Å². The third-order valence-corrected chi connectivity index (χ3v) is 7.18. The van der Waals surface area contributed by atoms with Crippen LogP contribution in [0.4, 0.5) is 18.3 Å². The summed E-state index contributed by atoms with van der Waals surface area (Å²) in [5.74, 6) is 0.425. The second-order valence-corrected chi connectivity index (χ2v) is 9.53. The van der Waals surface area contributed by atoms with E-state index in [9.17, 15) is 22.8 Å². The van der Waals surface area contributed by atoms with Gasteiger partial charge in [0.25, 0.3) is 5.91 Å². The van der Waals surface area contributed by atoms with Crippen molar-refractivity contribution in [3.8, 4) is 0 Å². The Hall–Kier alpha value is -3.06. The molecule has 1 saturated heterocycles. The number of rotatable bonds is 7. The molecule has 0 atom stereocenters. The molecule has 3 heterocycles. The van der Waals surface area contributed by atoms with E-state index in [1.807, 2.05) is 4.90 Å². The summed E-state index contributed by atoms with van der Waals surface area (Å²) in [6.07, 6.45) is -2.89. The molecule has 2 amide bonds. The summed E-state index contributed by atoms with van der Waals surface area (Å²) >= 11 is 2.65. The van der Waals surface area contributed by atoms with Gasteiger partial charge in [0.05, 0.1) is 24.1 Å². The normalized spacial score (nSPS) is 14.3. The molecule has 0 bridgehead atoms. The molecule has 1 fully saturated rings. The summed E-state index contributed by atoms with van der Waals surface area (Å²) in [4.78, 5) is 28.2. The maximum absolute atomic E-state index is 12.7. The molecule has 0 radical (unpaired) electrons. The minimum Gasteiger partial charge on any atom is -0.467 e. The second kappa shape index (κ2) is 10.5. The number of thioether (sulfide) groups is 1. The molecule has 8 nitrogen and oxygen atoms in total. The standard InChI is InChI=1S/C21H20F3N5O3S2/c22-21(23,24)15-5-3-14(4-6-15)18(31)28-7-9-29(10-8-28)19-26-27-20(34-19)33-13-17(30)25-12-16-2-1-11-32-16/h1-6,11H,7-10,12-13H2,(H,25,30). The Balaban J connectivity index is 1.23. The Kier molecular flexibility index (Phi) is 7.41. The van der Waals surface area contributed by atoms with Gasteiger partial charge in [-0.15, -0.1) is 10.2 Å². The van der Waals surface area contributed by atoms with Gasteiger partial charge in [0.1, 0.15) is 5.76 Å². The minimum absolute atomic E-state index is 0.145. The molecule has 34 heavy (non-hydrogen) atoms. The quantitative estimate of drug-likeness (QED) is 0.486. The van der Waals surface area contributed by atoms with E-state index in [2.05, 4.69) is 15.5 Å². The third kappa shape index (κ3) is 6.08. The molecule has 1 aliphatic rings. The van der Waals surface area contributed by atoms with Crippen LogP contribution in [0.1, 0.15) is 21.7 Å². The van der Waals surface area contributed by atoms with Crippen molar-refractivity contribution in [3.63, 3.8) is 0 Å². The van der Waals surface area contributed by atoms with Crippen LogP contribution >= 0.6 is 23.1 Å². The smallest absolute Gasteiger partial charge is 0.416 e. The maximum atomic E-state index is 12.7. The third-order valence-electron chi connectivity index (χ3n) is 5.06. The number of carbonyl (C=O) groups is 2. The highest BCUT2D eigenvalue weighted by molar-refractivity contribution is 8.01. The molecule has 13 heteroatoms. The predicted octanol–water partition coefficient (Wildman–Crippen LogP) is 3.52. The number of nitrogens with one attached hydrogen (secondary N) is 1. The lowest BCUT2D eigenvalue weighted by molar-refractivity contribution is -0.137. The van der Waals surface area contributed by atoms with Gasteiger partial charge in [-0.05, 0) is 36.4 Å². The van der Waals surface area contributed by atoms with E-state index < -0.39 is 11.7 Å². The van der Waals surface area contributed by atoms with Gasteiger partial charge < -0.3 is 19.5 Å². The number of carbonyl (C=O) groups excluding carboxylic acids is 2. The number of piperazine rings is 1.